The van der Waals surface area contributed by atoms with Gasteiger partial charge in [0.05, 0.1) is 36.1 Å². The van der Waals surface area contributed by atoms with Gasteiger partial charge in [0.15, 0.2) is 11.8 Å². The topological polar surface area (TPSA) is 254 Å². The number of anilines is 2. The Bertz CT molecular complexity index is 2460. The third kappa shape index (κ3) is 7.96. The Balaban J connectivity index is 1.40. The van der Waals surface area contributed by atoms with Gasteiger partial charge in [-0.1, -0.05) is 26.0 Å². The molecular weight excluding hydrogens is 724 g/mol. The van der Waals surface area contributed by atoms with Crippen LogP contribution < -0.4 is 31.6 Å². The van der Waals surface area contributed by atoms with Crippen LogP contribution >= 0.6 is 0 Å². The van der Waals surface area contributed by atoms with Crippen molar-refractivity contribution >= 4 is 51.7 Å². The first-order valence-electron chi connectivity index (χ1n) is 18.0. The summed E-state index contributed by atoms with van der Waals surface area (Å²) in [6.07, 6.45) is 4.97. The number of aliphatic hydroxyl groups excluding tert-OH is 1. The first kappa shape index (κ1) is 39.2. The molecule has 18 nitrogen and oxygen atoms in total. The molecule has 3 amide bonds. The lowest BCUT2D eigenvalue weighted by Gasteiger charge is -2.13. The average molecular weight is 769 g/mol. The zero-order chi connectivity index (χ0) is 40.1. The van der Waals surface area contributed by atoms with Gasteiger partial charge in [-0.3, -0.25) is 25.0 Å². The maximum Gasteiger partial charge on any atom is 0.295 e. The van der Waals surface area contributed by atoms with Gasteiger partial charge in [0, 0.05) is 52.1 Å². The van der Waals surface area contributed by atoms with Crippen molar-refractivity contribution in [2.24, 2.45) is 11.5 Å². The Morgan fingerprint density at radius 1 is 0.821 bits per heavy atom. The molecule has 7 N–H and O–H groups in total. The Labute approximate surface area is 320 Å². The fraction of sp³-hybridized carbons (Fsp3) is 0.342. The van der Waals surface area contributed by atoms with Crippen molar-refractivity contribution in [3.05, 3.63) is 82.2 Å². The third-order valence-corrected chi connectivity index (χ3v) is 8.86. The summed E-state index contributed by atoms with van der Waals surface area (Å²) in [7, 11) is 1.54. The van der Waals surface area contributed by atoms with Crippen LogP contribution in [0.4, 0.5) is 11.9 Å². The van der Waals surface area contributed by atoms with E-state index in [9.17, 15) is 19.5 Å². The molecule has 4 heterocycles. The first-order valence-corrected chi connectivity index (χ1v) is 18.0. The van der Waals surface area contributed by atoms with Crippen molar-refractivity contribution in [3.63, 3.8) is 0 Å². The second-order valence-corrected chi connectivity index (χ2v) is 12.7. The van der Waals surface area contributed by atoms with E-state index in [4.69, 9.17) is 34.8 Å². The largest absolute Gasteiger partial charge is 0.494 e. The number of hydrogen-bond donors (Lipinski definition) is 5. The predicted molar refractivity (Wildman–Crippen MR) is 206 cm³/mol. The minimum atomic E-state index is -0.697. The minimum absolute atomic E-state index is 0.0521. The van der Waals surface area contributed by atoms with Crippen LogP contribution in [0, 0.1) is 13.8 Å². The average Bonchev–Trinajstić information content (AvgIpc) is 3.95. The van der Waals surface area contributed by atoms with E-state index >= 15 is 0 Å². The van der Waals surface area contributed by atoms with Crippen molar-refractivity contribution in [2.75, 3.05) is 31.0 Å². The van der Waals surface area contributed by atoms with Gasteiger partial charge < -0.3 is 44.0 Å². The molecule has 0 saturated heterocycles. The highest BCUT2D eigenvalue weighted by molar-refractivity contribution is 6.04. The third-order valence-electron chi connectivity index (χ3n) is 8.86. The van der Waals surface area contributed by atoms with Gasteiger partial charge in [0.1, 0.15) is 22.5 Å². The molecule has 0 unspecified atom stereocenters. The van der Waals surface area contributed by atoms with E-state index < -0.39 is 17.7 Å². The number of hydrogen-bond acceptors (Lipinski definition) is 13. The molecule has 294 valence electrons. The molecule has 0 aliphatic carbocycles. The predicted octanol–water partition coefficient (Wildman–Crippen LogP) is 4.19. The number of methoxy groups -OCH3 is 1. The van der Waals surface area contributed by atoms with Gasteiger partial charge in [-0.15, -0.1) is 0 Å². The van der Waals surface area contributed by atoms with Crippen molar-refractivity contribution in [2.45, 2.75) is 66.6 Å². The fourth-order valence-corrected chi connectivity index (χ4v) is 6.29. The van der Waals surface area contributed by atoms with E-state index in [0.717, 1.165) is 5.56 Å². The number of benzene rings is 2. The summed E-state index contributed by atoms with van der Waals surface area (Å²) in [6.45, 7) is 7.70. The highest BCUT2D eigenvalue weighted by Gasteiger charge is 2.25. The maximum atomic E-state index is 13.6. The second kappa shape index (κ2) is 16.9. The monoisotopic (exact) mass is 768 g/mol. The Kier molecular flexibility index (Phi) is 11.8. The van der Waals surface area contributed by atoms with Gasteiger partial charge in [0.25, 0.3) is 11.8 Å². The number of rotatable bonds is 17. The highest BCUT2D eigenvalue weighted by atomic mass is 16.5. The van der Waals surface area contributed by atoms with Crippen LogP contribution in [0.25, 0.3) is 22.1 Å². The number of oxazole rings is 2. The molecule has 56 heavy (non-hydrogen) atoms. The van der Waals surface area contributed by atoms with Gasteiger partial charge in [0.2, 0.25) is 29.3 Å². The number of aliphatic hydroxyl groups is 1. The van der Waals surface area contributed by atoms with E-state index in [-0.39, 0.29) is 67.6 Å². The lowest BCUT2D eigenvalue weighted by atomic mass is 10.1. The smallest absolute Gasteiger partial charge is 0.295 e. The Morgan fingerprint density at radius 2 is 1.36 bits per heavy atom. The molecule has 0 fully saturated rings. The SMILES string of the molecule is CCc1nc(C)oc1C(=O)Nc1nc2cc(CN)cc(OC)c2n1C/C=C/Cn1c(NC(=O)c2oc(C)nc2CC)nc2cc(C(N)=O)cc(OCCCO)c21. The molecule has 0 spiro atoms. The minimum Gasteiger partial charge on any atom is -0.494 e. The van der Waals surface area contributed by atoms with E-state index in [2.05, 4.69) is 25.6 Å². The quantitative estimate of drug-likeness (QED) is 0.0645. The lowest BCUT2D eigenvalue weighted by molar-refractivity contribution is 0.0985. The number of aryl methyl sites for hydroxylation is 4. The van der Waals surface area contributed by atoms with Gasteiger partial charge in [-0.05, 0) is 42.7 Å². The van der Waals surface area contributed by atoms with E-state index in [1.165, 1.54) is 12.1 Å². The maximum absolute atomic E-state index is 13.6. The van der Waals surface area contributed by atoms with E-state index in [0.29, 0.717) is 70.2 Å². The van der Waals surface area contributed by atoms with Gasteiger partial charge >= 0.3 is 0 Å². The van der Waals surface area contributed by atoms with Crippen LogP contribution in [-0.2, 0) is 32.5 Å². The fourth-order valence-electron chi connectivity index (χ4n) is 6.29. The van der Waals surface area contributed by atoms with Crippen molar-refractivity contribution in [3.8, 4) is 11.5 Å². The first-order chi connectivity index (χ1) is 27.0. The number of primary amides is 1. The number of ether oxygens (including phenoxy) is 2. The van der Waals surface area contributed by atoms with Crippen LogP contribution in [0.15, 0.2) is 45.3 Å². The molecule has 0 bridgehead atoms. The molecule has 0 radical (unpaired) electrons. The van der Waals surface area contributed by atoms with E-state index in [1.54, 1.807) is 30.1 Å². The molecule has 6 rings (SSSR count). The zero-order valence-corrected chi connectivity index (χ0v) is 31.8. The number of nitrogens with two attached hydrogens (primary N) is 2. The Morgan fingerprint density at radius 3 is 1.84 bits per heavy atom. The number of carbonyl (C=O) groups excluding carboxylic acids is 3. The van der Waals surface area contributed by atoms with Crippen LogP contribution in [0.5, 0.6) is 11.5 Å². The summed E-state index contributed by atoms with van der Waals surface area (Å²) >= 11 is 0. The summed E-state index contributed by atoms with van der Waals surface area (Å²) < 4.78 is 26.5. The van der Waals surface area contributed by atoms with Crippen molar-refractivity contribution in [1.82, 2.24) is 29.1 Å². The van der Waals surface area contributed by atoms with Crippen molar-refractivity contribution < 1.29 is 37.8 Å². The van der Waals surface area contributed by atoms with Crippen LogP contribution in [0.3, 0.4) is 0 Å². The number of aromatic nitrogens is 6. The normalized spacial score (nSPS) is 11.6. The van der Waals surface area contributed by atoms with E-state index in [1.807, 2.05) is 38.1 Å². The zero-order valence-electron chi connectivity index (χ0n) is 31.8. The van der Waals surface area contributed by atoms with Gasteiger partial charge in [-0.25, -0.2) is 19.9 Å². The molecular formula is C38H44N10O8. The molecule has 0 atom stereocenters. The number of amides is 3. The van der Waals surface area contributed by atoms with Crippen LogP contribution in [-0.4, -0.2) is 72.2 Å². The standard InChI is InChI=1S/C38H44N10O8/c1-6-24-32(55-20(3)41-24)35(51)45-37-43-26-15-22(19-39)16-28(53-5)30(26)47(37)11-8-9-12-48-31-27(17-23(34(40)50)18-29(31)54-14-10-13-49)44-38(48)46-36(52)33-25(7-2)42-21(4)56-33/h8-9,15-18,49H,6-7,10-14,19,39H2,1-5H3,(H2,40,50)(H,43,45,51)(H,44,46,52)/b9-8+. The lowest BCUT2D eigenvalue weighted by Crippen LogP contribution is -2.17. The summed E-state index contributed by atoms with van der Waals surface area (Å²) in [5, 5.41) is 15.1. The van der Waals surface area contributed by atoms with Crippen LogP contribution in [0.1, 0.15) is 80.5 Å². The molecule has 0 aliphatic heterocycles. The number of imidazole rings is 2. The summed E-state index contributed by atoms with van der Waals surface area (Å²) in [6, 6.07) is 6.65. The number of nitrogens with one attached hydrogen (secondary N) is 2. The van der Waals surface area contributed by atoms with Gasteiger partial charge in [-0.2, -0.15) is 0 Å². The molecule has 4 aromatic heterocycles. The van der Waals surface area contributed by atoms with Crippen molar-refractivity contribution in [1.29, 1.82) is 0 Å². The highest BCUT2D eigenvalue weighted by Crippen LogP contribution is 2.33. The molecule has 18 heteroatoms. The summed E-state index contributed by atoms with van der Waals surface area (Å²) in [5.74, 6) is 0.222. The number of carbonyl (C=O) groups is 3. The summed E-state index contributed by atoms with van der Waals surface area (Å²) in [4.78, 5) is 57.4. The molecule has 2 aromatic carbocycles. The molecule has 6 aromatic rings. The number of nitrogens with zero attached hydrogens (tertiary/aromatic N) is 6. The Hall–Kier alpha value is -6.53. The number of allylic oxidation sites excluding steroid dienone is 2. The second-order valence-electron chi connectivity index (χ2n) is 12.7. The summed E-state index contributed by atoms with van der Waals surface area (Å²) in [5.41, 5.74) is 15.5. The number of fused-ring (bicyclic) bond motifs is 2. The van der Waals surface area contributed by atoms with Crippen LogP contribution in [0.2, 0.25) is 0 Å². The molecule has 0 aliphatic rings. The molecule has 0 saturated carbocycles.